The largest absolute Gasteiger partial charge is 0.398 e. The summed E-state index contributed by atoms with van der Waals surface area (Å²) in [5, 5.41) is 0. The lowest BCUT2D eigenvalue weighted by atomic mass is 9.82. The van der Waals surface area contributed by atoms with E-state index >= 15 is 0 Å². The molecule has 0 unspecified atom stereocenters. The maximum atomic E-state index is 12.8. The third-order valence-electron chi connectivity index (χ3n) is 5.04. The van der Waals surface area contributed by atoms with Crippen LogP contribution in [0.25, 0.3) is 0 Å². The van der Waals surface area contributed by atoms with E-state index in [4.69, 9.17) is 5.73 Å². The maximum absolute atomic E-state index is 12.8. The Morgan fingerprint density at radius 3 is 2.38 bits per heavy atom. The summed E-state index contributed by atoms with van der Waals surface area (Å²) in [4.78, 5) is 0.320. The molecule has 0 spiro atoms. The lowest BCUT2D eigenvalue weighted by Crippen LogP contribution is -2.32. The Bertz CT molecular complexity index is 607. The van der Waals surface area contributed by atoms with Crippen LogP contribution in [-0.4, -0.2) is 25.8 Å². The quantitative estimate of drug-likeness (QED) is 0.850. The summed E-state index contributed by atoms with van der Waals surface area (Å²) in [5.74, 6) is 0. The van der Waals surface area contributed by atoms with Crippen LogP contribution in [0.15, 0.2) is 23.1 Å². The number of benzene rings is 1. The van der Waals surface area contributed by atoms with Gasteiger partial charge in [0, 0.05) is 18.8 Å². The van der Waals surface area contributed by atoms with Crippen molar-refractivity contribution < 1.29 is 8.42 Å². The van der Waals surface area contributed by atoms with Gasteiger partial charge in [0.05, 0.1) is 4.90 Å². The summed E-state index contributed by atoms with van der Waals surface area (Å²) in [6.45, 7) is 7.54. The predicted octanol–water partition coefficient (Wildman–Crippen LogP) is 3.03. The number of hydrogen-bond acceptors (Lipinski definition) is 3. The van der Waals surface area contributed by atoms with Gasteiger partial charge in [0.15, 0.2) is 0 Å². The van der Waals surface area contributed by atoms with E-state index in [-0.39, 0.29) is 5.41 Å². The van der Waals surface area contributed by atoms with Gasteiger partial charge >= 0.3 is 0 Å². The summed E-state index contributed by atoms with van der Waals surface area (Å²) in [6, 6.07) is 5.11. The van der Waals surface area contributed by atoms with Gasteiger partial charge in [-0.1, -0.05) is 26.8 Å². The molecule has 1 saturated heterocycles. The number of hydrogen-bond donors (Lipinski definition) is 1. The van der Waals surface area contributed by atoms with Gasteiger partial charge in [0.25, 0.3) is 0 Å². The third-order valence-corrected chi connectivity index (χ3v) is 6.88. The first-order valence-corrected chi connectivity index (χ1v) is 9.21. The van der Waals surface area contributed by atoms with E-state index in [1.54, 1.807) is 16.4 Å². The molecule has 1 fully saturated rings. The Hall–Kier alpha value is -1.07. The molecule has 118 valence electrons. The van der Waals surface area contributed by atoms with Gasteiger partial charge < -0.3 is 5.73 Å². The first-order chi connectivity index (χ1) is 9.88. The molecule has 0 bridgehead atoms. The summed E-state index contributed by atoms with van der Waals surface area (Å²) in [7, 11) is -3.42. The summed E-state index contributed by atoms with van der Waals surface area (Å²) < 4.78 is 27.2. The highest BCUT2D eigenvalue weighted by molar-refractivity contribution is 7.89. The molecule has 1 heterocycles. The fourth-order valence-corrected chi connectivity index (χ4v) is 4.72. The number of aryl methyl sites for hydroxylation is 1. The van der Waals surface area contributed by atoms with E-state index in [0.29, 0.717) is 23.7 Å². The molecule has 0 saturated carbocycles. The summed E-state index contributed by atoms with van der Waals surface area (Å²) >= 11 is 0. The first kappa shape index (κ1) is 16.3. The van der Waals surface area contributed by atoms with Crippen molar-refractivity contribution in [2.45, 2.75) is 51.3 Å². The molecule has 2 N–H and O–H groups in total. The first-order valence-electron chi connectivity index (χ1n) is 7.77. The zero-order valence-corrected chi connectivity index (χ0v) is 14.0. The van der Waals surface area contributed by atoms with E-state index in [1.165, 1.54) is 0 Å². The monoisotopic (exact) mass is 310 g/mol. The van der Waals surface area contributed by atoms with Crippen LogP contribution < -0.4 is 5.73 Å². The van der Waals surface area contributed by atoms with Crippen LogP contribution in [0.4, 0.5) is 5.69 Å². The van der Waals surface area contributed by atoms with Crippen molar-refractivity contribution in [2.24, 2.45) is 5.41 Å². The van der Waals surface area contributed by atoms with Crippen molar-refractivity contribution in [1.82, 2.24) is 4.31 Å². The second kappa shape index (κ2) is 5.97. The minimum Gasteiger partial charge on any atom is -0.398 e. The number of anilines is 1. The number of rotatable bonds is 5. The highest BCUT2D eigenvalue weighted by Gasteiger charge is 2.40. The lowest BCUT2D eigenvalue weighted by Gasteiger charge is -2.26. The molecule has 0 aromatic heterocycles. The molecule has 5 heteroatoms. The van der Waals surface area contributed by atoms with E-state index in [0.717, 1.165) is 31.2 Å². The van der Waals surface area contributed by atoms with E-state index in [1.807, 2.05) is 13.0 Å². The van der Waals surface area contributed by atoms with Crippen LogP contribution in [0.3, 0.4) is 0 Å². The molecule has 1 aliphatic heterocycles. The van der Waals surface area contributed by atoms with Crippen molar-refractivity contribution in [3.05, 3.63) is 23.8 Å². The normalized spacial score (nSPS) is 19.0. The SMILES string of the molecule is CCc1ccc(S(=O)(=O)N2CCC(CC)(CC)C2)cc1N. The van der Waals surface area contributed by atoms with Gasteiger partial charge in [0.2, 0.25) is 10.0 Å². The predicted molar refractivity (Wildman–Crippen MR) is 86.6 cm³/mol. The number of nitrogen functional groups attached to an aromatic ring is 1. The minimum atomic E-state index is -3.42. The Morgan fingerprint density at radius 1 is 1.24 bits per heavy atom. The third kappa shape index (κ3) is 2.94. The zero-order valence-electron chi connectivity index (χ0n) is 13.2. The van der Waals surface area contributed by atoms with Crippen LogP contribution in [0.5, 0.6) is 0 Å². The van der Waals surface area contributed by atoms with Crippen molar-refractivity contribution in [3.63, 3.8) is 0 Å². The van der Waals surface area contributed by atoms with E-state index < -0.39 is 10.0 Å². The number of nitrogens with zero attached hydrogens (tertiary/aromatic N) is 1. The summed E-state index contributed by atoms with van der Waals surface area (Å²) in [5.41, 5.74) is 7.65. The smallest absolute Gasteiger partial charge is 0.243 e. The van der Waals surface area contributed by atoms with Crippen molar-refractivity contribution in [1.29, 1.82) is 0 Å². The van der Waals surface area contributed by atoms with Crippen LogP contribution in [0.2, 0.25) is 0 Å². The van der Waals surface area contributed by atoms with Crippen LogP contribution >= 0.6 is 0 Å². The van der Waals surface area contributed by atoms with Crippen LogP contribution in [0, 0.1) is 5.41 Å². The highest BCUT2D eigenvalue weighted by atomic mass is 32.2. The second-order valence-electron chi connectivity index (χ2n) is 6.01. The molecule has 21 heavy (non-hydrogen) atoms. The van der Waals surface area contributed by atoms with Gasteiger partial charge in [-0.05, 0) is 48.8 Å². The van der Waals surface area contributed by atoms with Crippen molar-refractivity contribution >= 4 is 15.7 Å². The van der Waals surface area contributed by atoms with Crippen LogP contribution in [0.1, 0.15) is 45.6 Å². The van der Waals surface area contributed by atoms with Crippen molar-refractivity contribution in [3.8, 4) is 0 Å². The topological polar surface area (TPSA) is 63.4 Å². The zero-order chi connectivity index (χ0) is 15.7. The highest BCUT2D eigenvalue weighted by Crippen LogP contribution is 2.39. The van der Waals surface area contributed by atoms with Gasteiger partial charge in [0.1, 0.15) is 0 Å². The fraction of sp³-hybridized carbons (Fsp3) is 0.625. The van der Waals surface area contributed by atoms with Gasteiger partial charge in [-0.2, -0.15) is 4.31 Å². The Kier molecular flexibility index (Phi) is 4.63. The molecular weight excluding hydrogens is 284 g/mol. The summed E-state index contributed by atoms with van der Waals surface area (Å²) in [6.07, 6.45) is 3.80. The molecule has 0 aliphatic carbocycles. The standard InChI is InChI=1S/C16H26N2O2S/c1-4-13-7-8-14(11-15(13)17)21(19,20)18-10-9-16(5-2,6-3)12-18/h7-8,11H,4-6,9-10,12,17H2,1-3H3. The average Bonchev–Trinajstić information content (AvgIpc) is 2.93. The number of nitrogens with two attached hydrogens (primary N) is 1. The van der Waals surface area contributed by atoms with Gasteiger partial charge in [-0.15, -0.1) is 0 Å². The molecule has 0 radical (unpaired) electrons. The molecule has 1 aromatic rings. The molecular formula is C16H26N2O2S. The maximum Gasteiger partial charge on any atom is 0.243 e. The van der Waals surface area contributed by atoms with Gasteiger partial charge in [-0.25, -0.2) is 8.42 Å². The molecule has 2 rings (SSSR count). The Balaban J connectivity index is 2.29. The molecule has 4 nitrogen and oxygen atoms in total. The van der Waals surface area contributed by atoms with Crippen LogP contribution in [-0.2, 0) is 16.4 Å². The molecule has 1 aromatic carbocycles. The minimum absolute atomic E-state index is 0.141. The Morgan fingerprint density at radius 2 is 1.90 bits per heavy atom. The Labute approximate surface area is 128 Å². The van der Waals surface area contributed by atoms with E-state index in [2.05, 4.69) is 13.8 Å². The molecule has 1 aliphatic rings. The lowest BCUT2D eigenvalue weighted by molar-refractivity contribution is 0.279. The fourth-order valence-electron chi connectivity index (χ4n) is 3.13. The average molecular weight is 310 g/mol. The second-order valence-corrected chi connectivity index (χ2v) is 7.95. The molecule has 0 atom stereocenters. The number of sulfonamides is 1. The van der Waals surface area contributed by atoms with E-state index in [9.17, 15) is 8.42 Å². The van der Waals surface area contributed by atoms with Gasteiger partial charge in [-0.3, -0.25) is 0 Å². The van der Waals surface area contributed by atoms with Crippen molar-refractivity contribution in [2.75, 3.05) is 18.8 Å². The molecule has 0 amide bonds.